The van der Waals surface area contributed by atoms with Crippen LogP contribution in [0.2, 0.25) is 0 Å². The molecule has 1 N–H and O–H groups in total. The molecular weight excluding hydrogens is 452 g/mol. The zero-order chi connectivity index (χ0) is 23.5. The average Bonchev–Trinajstić information content (AvgIpc) is 2.83. The Hall–Kier alpha value is -2.64. The molecule has 0 radical (unpaired) electrons. The highest BCUT2D eigenvalue weighted by Gasteiger charge is 2.16. The van der Waals surface area contributed by atoms with E-state index in [1.54, 1.807) is 23.9 Å². The number of thioether (sulfide) groups is 1. The van der Waals surface area contributed by atoms with Gasteiger partial charge >= 0.3 is 0 Å². The molecular formula is C26H30N2O3S2. The van der Waals surface area contributed by atoms with Crippen molar-refractivity contribution in [1.29, 1.82) is 0 Å². The molecule has 174 valence electrons. The number of hydrogen-bond acceptors (Lipinski definition) is 5. The Kier molecular flexibility index (Phi) is 9.51. The third-order valence-corrected chi connectivity index (χ3v) is 7.54. The molecule has 1 heterocycles. The number of rotatable bonds is 12. The van der Waals surface area contributed by atoms with Crippen molar-refractivity contribution >= 4 is 27.7 Å². The minimum Gasteiger partial charge on any atom is -0.268 e. The predicted molar refractivity (Wildman–Crippen MR) is 137 cm³/mol. The first-order chi connectivity index (χ1) is 16.0. The number of pyridine rings is 1. The molecule has 0 saturated heterocycles. The van der Waals surface area contributed by atoms with Crippen molar-refractivity contribution in [1.82, 2.24) is 9.71 Å². The van der Waals surface area contributed by atoms with Crippen LogP contribution in [0.25, 0.3) is 11.1 Å². The smallest absolute Gasteiger partial charge is 0.266 e. The van der Waals surface area contributed by atoms with Gasteiger partial charge in [0.15, 0.2) is 0 Å². The van der Waals surface area contributed by atoms with Gasteiger partial charge in [-0.25, -0.2) is 13.1 Å². The summed E-state index contributed by atoms with van der Waals surface area (Å²) in [5, 5.41) is 0. The van der Waals surface area contributed by atoms with Crippen LogP contribution in [0.5, 0.6) is 0 Å². The molecule has 1 amide bonds. The van der Waals surface area contributed by atoms with Crippen molar-refractivity contribution < 1.29 is 13.2 Å². The molecule has 0 saturated carbocycles. The van der Waals surface area contributed by atoms with Crippen molar-refractivity contribution in [3.8, 4) is 11.1 Å². The lowest BCUT2D eigenvalue weighted by molar-refractivity contribution is 0.0981. The third-order valence-electron chi connectivity index (χ3n) is 5.18. The molecule has 5 nitrogen and oxygen atoms in total. The number of nitrogens with one attached hydrogen (secondary N) is 1. The van der Waals surface area contributed by atoms with Gasteiger partial charge < -0.3 is 0 Å². The summed E-state index contributed by atoms with van der Waals surface area (Å²) in [5.74, 6) is 0.899. The fourth-order valence-corrected chi connectivity index (χ4v) is 5.31. The number of unbranched alkanes of at least 4 members (excludes halogenated alkanes) is 3. The topological polar surface area (TPSA) is 76.1 Å². The Morgan fingerprint density at radius 3 is 2.27 bits per heavy atom. The van der Waals surface area contributed by atoms with Gasteiger partial charge in [-0.15, -0.1) is 0 Å². The number of hydrogen-bond donors (Lipinski definition) is 1. The van der Waals surface area contributed by atoms with E-state index in [-0.39, 0.29) is 11.3 Å². The maximum atomic E-state index is 12.3. The summed E-state index contributed by atoms with van der Waals surface area (Å²) < 4.78 is 26.3. The van der Waals surface area contributed by atoms with E-state index in [0.29, 0.717) is 12.2 Å². The molecule has 0 aliphatic heterocycles. The molecule has 0 bridgehead atoms. The molecule has 0 atom stereocenters. The highest BCUT2D eigenvalue weighted by molar-refractivity contribution is 7.97. The highest BCUT2D eigenvalue weighted by Crippen LogP contribution is 2.22. The molecule has 0 spiro atoms. The largest absolute Gasteiger partial charge is 0.268 e. The summed E-state index contributed by atoms with van der Waals surface area (Å²) in [7, 11) is -3.62. The first-order valence-electron chi connectivity index (χ1n) is 11.2. The lowest BCUT2D eigenvalue weighted by Crippen LogP contribution is -2.32. The average molecular weight is 483 g/mol. The van der Waals surface area contributed by atoms with Gasteiger partial charge in [-0.3, -0.25) is 9.78 Å². The van der Waals surface area contributed by atoms with Crippen LogP contribution in [0.15, 0.2) is 72.9 Å². The zero-order valence-electron chi connectivity index (χ0n) is 18.9. The first kappa shape index (κ1) is 25.0. The molecule has 0 aliphatic carbocycles. The number of carbonyl (C=O) groups excluding carboxylic acids is 1. The first-order valence-corrected chi connectivity index (χ1v) is 14.0. The van der Waals surface area contributed by atoms with E-state index in [1.807, 2.05) is 18.2 Å². The van der Waals surface area contributed by atoms with Gasteiger partial charge in [0.05, 0.1) is 17.0 Å². The van der Waals surface area contributed by atoms with Gasteiger partial charge in [-0.1, -0.05) is 80.8 Å². The van der Waals surface area contributed by atoms with Gasteiger partial charge in [0.25, 0.3) is 5.91 Å². The lowest BCUT2D eigenvalue weighted by Gasteiger charge is -2.07. The number of nitrogens with zero attached hydrogens (tertiary/aromatic N) is 1. The van der Waals surface area contributed by atoms with E-state index in [2.05, 4.69) is 53.0 Å². The monoisotopic (exact) mass is 482 g/mol. The molecule has 0 fully saturated rings. The molecule has 3 aromatic rings. The minimum atomic E-state index is -3.62. The number of carbonyl (C=O) groups is 1. The Labute approximate surface area is 201 Å². The second-order valence-electron chi connectivity index (χ2n) is 7.90. The number of benzene rings is 2. The molecule has 7 heteroatoms. The van der Waals surface area contributed by atoms with Crippen LogP contribution in [-0.4, -0.2) is 25.1 Å². The molecule has 0 aliphatic rings. The van der Waals surface area contributed by atoms with Gasteiger partial charge in [0, 0.05) is 17.7 Å². The standard InChI is InChI=1S/C26H30N2O3S2/c1-2-3-4-8-17-33(30,31)28-26(29)24-15-16-25(27-18-24)20-32-19-21-11-13-23(14-12-21)22-9-6-5-7-10-22/h5-7,9-16,18H,2-4,8,17,19-20H2,1H3,(H,28,29). The maximum Gasteiger partial charge on any atom is 0.266 e. The number of amides is 1. The highest BCUT2D eigenvalue weighted by atomic mass is 32.2. The summed E-state index contributed by atoms with van der Waals surface area (Å²) in [6, 6.07) is 22.2. The summed E-state index contributed by atoms with van der Waals surface area (Å²) in [6.07, 6.45) is 4.86. The van der Waals surface area contributed by atoms with E-state index >= 15 is 0 Å². The third kappa shape index (κ3) is 8.33. The minimum absolute atomic E-state index is 0.0345. The summed E-state index contributed by atoms with van der Waals surface area (Å²) in [5.41, 5.74) is 4.73. The van der Waals surface area contributed by atoms with Crippen LogP contribution in [0.3, 0.4) is 0 Å². The van der Waals surface area contributed by atoms with Crippen LogP contribution in [0.1, 0.15) is 54.2 Å². The van der Waals surface area contributed by atoms with E-state index in [0.717, 1.165) is 30.7 Å². The maximum absolute atomic E-state index is 12.3. The van der Waals surface area contributed by atoms with Crippen molar-refractivity contribution in [3.05, 3.63) is 89.7 Å². The van der Waals surface area contributed by atoms with Crippen molar-refractivity contribution in [2.75, 3.05) is 5.75 Å². The van der Waals surface area contributed by atoms with Crippen LogP contribution in [0, 0.1) is 0 Å². The van der Waals surface area contributed by atoms with Gasteiger partial charge in [0.2, 0.25) is 10.0 Å². The Morgan fingerprint density at radius 2 is 1.61 bits per heavy atom. The fourth-order valence-electron chi connectivity index (χ4n) is 3.31. The normalized spacial score (nSPS) is 11.3. The summed E-state index contributed by atoms with van der Waals surface area (Å²) >= 11 is 1.74. The van der Waals surface area contributed by atoms with Crippen LogP contribution < -0.4 is 4.72 Å². The second-order valence-corrected chi connectivity index (χ2v) is 10.7. The zero-order valence-corrected chi connectivity index (χ0v) is 20.5. The van der Waals surface area contributed by atoms with Gasteiger partial charge in [0.1, 0.15) is 0 Å². The Morgan fingerprint density at radius 1 is 0.879 bits per heavy atom. The van der Waals surface area contributed by atoms with Crippen LogP contribution in [0.4, 0.5) is 0 Å². The summed E-state index contributed by atoms with van der Waals surface area (Å²) in [4.78, 5) is 16.6. The fraction of sp³-hybridized carbons (Fsp3) is 0.308. The molecule has 0 unspecified atom stereocenters. The lowest BCUT2D eigenvalue weighted by atomic mass is 10.0. The van der Waals surface area contributed by atoms with Gasteiger partial charge in [-0.2, -0.15) is 11.8 Å². The van der Waals surface area contributed by atoms with E-state index in [9.17, 15) is 13.2 Å². The predicted octanol–water partition coefficient (Wildman–Crippen LogP) is 5.82. The summed E-state index contributed by atoms with van der Waals surface area (Å²) in [6.45, 7) is 2.06. The quantitative estimate of drug-likeness (QED) is 0.329. The van der Waals surface area contributed by atoms with Crippen molar-refractivity contribution in [3.63, 3.8) is 0 Å². The van der Waals surface area contributed by atoms with E-state index in [1.165, 1.54) is 22.9 Å². The SMILES string of the molecule is CCCCCCS(=O)(=O)NC(=O)c1ccc(CSCc2ccc(-c3ccccc3)cc2)nc1. The van der Waals surface area contributed by atoms with Crippen LogP contribution >= 0.6 is 11.8 Å². The molecule has 1 aromatic heterocycles. The van der Waals surface area contributed by atoms with Gasteiger partial charge in [-0.05, 0) is 35.2 Å². The number of aromatic nitrogens is 1. The number of sulfonamides is 1. The van der Waals surface area contributed by atoms with E-state index < -0.39 is 15.9 Å². The Bertz CT molecular complexity index is 1110. The van der Waals surface area contributed by atoms with Crippen LogP contribution in [-0.2, 0) is 21.5 Å². The van der Waals surface area contributed by atoms with E-state index in [4.69, 9.17) is 0 Å². The van der Waals surface area contributed by atoms with Crippen molar-refractivity contribution in [2.45, 2.75) is 44.1 Å². The molecule has 3 rings (SSSR count). The second kappa shape index (κ2) is 12.6. The molecule has 2 aromatic carbocycles. The molecule has 33 heavy (non-hydrogen) atoms. The Balaban J connectivity index is 1.45. The van der Waals surface area contributed by atoms with Crippen molar-refractivity contribution in [2.24, 2.45) is 0 Å².